The summed E-state index contributed by atoms with van der Waals surface area (Å²) in [5.41, 5.74) is 7.78. The van der Waals surface area contributed by atoms with Gasteiger partial charge in [0.15, 0.2) is 0 Å². The molecule has 1 aliphatic heterocycles. The predicted molar refractivity (Wildman–Crippen MR) is 79.8 cm³/mol. The highest BCUT2D eigenvalue weighted by Gasteiger charge is 2.22. The number of fused-ring (bicyclic) bond motifs is 1. The van der Waals surface area contributed by atoms with Crippen molar-refractivity contribution in [2.45, 2.75) is 13.0 Å². The number of nitrogens with zero attached hydrogens (tertiary/aromatic N) is 3. The number of hydrogen-bond donors (Lipinski definition) is 1. The maximum atomic E-state index is 6.09. The van der Waals surface area contributed by atoms with Gasteiger partial charge in [-0.1, -0.05) is 23.2 Å². The van der Waals surface area contributed by atoms with Crippen LogP contribution in [0.2, 0.25) is 10.0 Å². The lowest BCUT2D eigenvalue weighted by Crippen LogP contribution is -2.17. The number of hydrogen-bond acceptors (Lipinski definition) is 3. The summed E-state index contributed by atoms with van der Waals surface area (Å²) in [5.74, 6) is 1.14. The smallest absolute Gasteiger partial charge is 0.201 e. The molecule has 1 aromatic heterocycles. The van der Waals surface area contributed by atoms with Gasteiger partial charge in [-0.15, -0.1) is 0 Å². The first kappa shape index (κ1) is 13.0. The van der Waals surface area contributed by atoms with Crippen LogP contribution in [0.25, 0.3) is 11.0 Å². The van der Waals surface area contributed by atoms with Crippen LogP contribution >= 0.6 is 23.2 Å². The number of nitrogen functional groups attached to an aromatic ring is 1. The standard InChI is InChI=1S/C13H16Cl2N4/c1-18-3-2-8(6-18)7-19-12-5-10(15)9(14)4-11(12)17-13(19)16/h4-5,8H,2-3,6-7H2,1H3,(H2,16,17). The minimum absolute atomic E-state index is 0.513. The summed E-state index contributed by atoms with van der Waals surface area (Å²) in [4.78, 5) is 6.70. The van der Waals surface area contributed by atoms with Gasteiger partial charge in [0, 0.05) is 13.1 Å². The van der Waals surface area contributed by atoms with Crippen molar-refractivity contribution in [2.75, 3.05) is 25.9 Å². The Morgan fingerprint density at radius 2 is 2.11 bits per heavy atom. The van der Waals surface area contributed by atoms with Gasteiger partial charge in [0.1, 0.15) is 0 Å². The van der Waals surface area contributed by atoms with Crippen molar-refractivity contribution in [3.8, 4) is 0 Å². The molecule has 0 spiro atoms. The van der Waals surface area contributed by atoms with Crippen molar-refractivity contribution in [1.82, 2.24) is 14.5 Å². The van der Waals surface area contributed by atoms with Crippen molar-refractivity contribution in [3.63, 3.8) is 0 Å². The number of nitrogens with two attached hydrogens (primary N) is 1. The number of likely N-dealkylation sites (tertiary alicyclic amines) is 1. The fourth-order valence-electron chi connectivity index (χ4n) is 2.76. The minimum atomic E-state index is 0.513. The third-order valence-electron chi connectivity index (χ3n) is 3.75. The van der Waals surface area contributed by atoms with Crippen molar-refractivity contribution in [3.05, 3.63) is 22.2 Å². The number of anilines is 1. The second-order valence-corrected chi connectivity index (χ2v) is 6.07. The van der Waals surface area contributed by atoms with Gasteiger partial charge < -0.3 is 15.2 Å². The Balaban J connectivity index is 1.98. The van der Waals surface area contributed by atoms with Crippen LogP contribution in [0.1, 0.15) is 6.42 Å². The fraction of sp³-hybridized carbons (Fsp3) is 0.462. The third kappa shape index (κ3) is 2.40. The second kappa shape index (κ2) is 4.85. The highest BCUT2D eigenvalue weighted by Crippen LogP contribution is 2.30. The van der Waals surface area contributed by atoms with Crippen LogP contribution in [0.4, 0.5) is 5.95 Å². The largest absolute Gasteiger partial charge is 0.369 e. The van der Waals surface area contributed by atoms with E-state index in [1.807, 2.05) is 10.6 Å². The zero-order chi connectivity index (χ0) is 13.6. The van der Waals surface area contributed by atoms with E-state index in [1.54, 1.807) is 6.07 Å². The Morgan fingerprint density at radius 3 is 2.79 bits per heavy atom. The third-order valence-corrected chi connectivity index (χ3v) is 4.47. The summed E-state index contributed by atoms with van der Waals surface area (Å²) in [6.07, 6.45) is 1.19. The average Bonchev–Trinajstić information content (AvgIpc) is 2.87. The topological polar surface area (TPSA) is 47.1 Å². The molecule has 1 aliphatic rings. The molecule has 4 nitrogen and oxygen atoms in total. The van der Waals surface area contributed by atoms with Gasteiger partial charge in [-0.05, 0) is 38.1 Å². The summed E-state index contributed by atoms with van der Waals surface area (Å²) >= 11 is 12.1. The molecule has 3 rings (SSSR count). The van der Waals surface area contributed by atoms with E-state index in [-0.39, 0.29) is 0 Å². The van der Waals surface area contributed by atoms with Gasteiger partial charge in [-0.25, -0.2) is 4.98 Å². The highest BCUT2D eigenvalue weighted by atomic mass is 35.5. The van der Waals surface area contributed by atoms with E-state index in [0.29, 0.717) is 21.9 Å². The van der Waals surface area contributed by atoms with Crippen LogP contribution in [0, 0.1) is 5.92 Å². The first-order chi connectivity index (χ1) is 9.04. The number of imidazole rings is 1. The van der Waals surface area contributed by atoms with Crippen molar-refractivity contribution in [1.29, 1.82) is 0 Å². The first-order valence-corrected chi connectivity index (χ1v) is 7.09. The van der Waals surface area contributed by atoms with E-state index in [4.69, 9.17) is 28.9 Å². The second-order valence-electron chi connectivity index (χ2n) is 5.25. The van der Waals surface area contributed by atoms with E-state index < -0.39 is 0 Å². The van der Waals surface area contributed by atoms with Gasteiger partial charge in [0.25, 0.3) is 0 Å². The predicted octanol–water partition coefficient (Wildman–Crippen LogP) is 2.88. The van der Waals surface area contributed by atoms with Crippen molar-refractivity contribution in [2.24, 2.45) is 5.92 Å². The van der Waals surface area contributed by atoms with Gasteiger partial charge >= 0.3 is 0 Å². The van der Waals surface area contributed by atoms with Crippen molar-refractivity contribution < 1.29 is 0 Å². The summed E-state index contributed by atoms with van der Waals surface area (Å²) < 4.78 is 2.04. The Labute approximate surface area is 122 Å². The lowest BCUT2D eigenvalue weighted by molar-refractivity contribution is 0.380. The van der Waals surface area contributed by atoms with E-state index in [2.05, 4.69) is 16.9 Å². The van der Waals surface area contributed by atoms with E-state index >= 15 is 0 Å². The van der Waals surface area contributed by atoms with Gasteiger partial charge in [0.2, 0.25) is 5.95 Å². The summed E-state index contributed by atoms with van der Waals surface area (Å²) in [6, 6.07) is 3.62. The minimum Gasteiger partial charge on any atom is -0.369 e. The monoisotopic (exact) mass is 298 g/mol. The molecule has 6 heteroatoms. The lowest BCUT2D eigenvalue weighted by atomic mass is 10.1. The maximum Gasteiger partial charge on any atom is 0.201 e. The SMILES string of the molecule is CN1CCC(Cn2c(N)nc3cc(Cl)c(Cl)cc32)C1. The van der Waals surface area contributed by atoms with Gasteiger partial charge in [0.05, 0.1) is 21.1 Å². The molecule has 1 fully saturated rings. The molecule has 2 heterocycles. The lowest BCUT2D eigenvalue weighted by Gasteiger charge is -2.13. The molecule has 2 N–H and O–H groups in total. The van der Waals surface area contributed by atoms with Crippen LogP contribution in [0.3, 0.4) is 0 Å². The molecule has 102 valence electrons. The Hall–Kier alpha value is -0.970. The molecule has 1 saturated heterocycles. The molecular formula is C13H16Cl2N4. The van der Waals surface area contributed by atoms with Gasteiger partial charge in [-0.3, -0.25) is 0 Å². The summed E-state index contributed by atoms with van der Waals surface area (Å²) in [6.45, 7) is 3.12. The normalized spacial score (nSPS) is 20.5. The molecule has 0 radical (unpaired) electrons. The van der Waals surface area contributed by atoms with Crippen LogP contribution in [0.15, 0.2) is 12.1 Å². The number of benzene rings is 1. The molecule has 1 atom stereocenters. The summed E-state index contributed by atoms with van der Waals surface area (Å²) in [7, 11) is 2.14. The van der Waals surface area contributed by atoms with Gasteiger partial charge in [-0.2, -0.15) is 0 Å². The Kier molecular flexibility index (Phi) is 3.33. The van der Waals surface area contributed by atoms with E-state index in [9.17, 15) is 0 Å². The van der Waals surface area contributed by atoms with Crippen LogP contribution in [-0.2, 0) is 6.54 Å². The molecule has 2 aromatic rings. The number of aromatic nitrogens is 2. The molecule has 19 heavy (non-hydrogen) atoms. The number of rotatable bonds is 2. The molecular weight excluding hydrogens is 283 g/mol. The Morgan fingerprint density at radius 1 is 1.37 bits per heavy atom. The molecule has 0 amide bonds. The Bertz CT molecular complexity index is 623. The van der Waals surface area contributed by atoms with Crippen molar-refractivity contribution >= 4 is 40.2 Å². The zero-order valence-electron chi connectivity index (χ0n) is 10.7. The van der Waals surface area contributed by atoms with Crippen LogP contribution in [0.5, 0.6) is 0 Å². The number of halogens is 2. The first-order valence-electron chi connectivity index (χ1n) is 6.34. The van der Waals surface area contributed by atoms with E-state index in [1.165, 1.54) is 6.42 Å². The van der Waals surface area contributed by atoms with Crippen LogP contribution < -0.4 is 5.73 Å². The molecule has 0 bridgehead atoms. The molecule has 1 aromatic carbocycles. The average molecular weight is 299 g/mol. The fourth-order valence-corrected chi connectivity index (χ4v) is 3.08. The maximum absolute atomic E-state index is 6.09. The quantitative estimate of drug-likeness (QED) is 0.927. The molecule has 0 saturated carbocycles. The molecule has 1 unspecified atom stereocenters. The highest BCUT2D eigenvalue weighted by molar-refractivity contribution is 6.42. The van der Waals surface area contributed by atoms with E-state index in [0.717, 1.165) is 30.7 Å². The zero-order valence-corrected chi connectivity index (χ0v) is 12.2. The summed E-state index contributed by atoms with van der Waals surface area (Å²) in [5, 5.41) is 1.05. The van der Waals surface area contributed by atoms with Crippen LogP contribution in [-0.4, -0.2) is 34.6 Å². The molecule has 0 aliphatic carbocycles.